The van der Waals surface area contributed by atoms with Crippen LogP contribution in [0, 0.1) is 0 Å². The number of thiazole rings is 1. The lowest BCUT2D eigenvalue weighted by atomic mass is 10.2. The van der Waals surface area contributed by atoms with Gasteiger partial charge in [-0.1, -0.05) is 30.3 Å². The van der Waals surface area contributed by atoms with Gasteiger partial charge < -0.3 is 10.1 Å². The van der Waals surface area contributed by atoms with Gasteiger partial charge in [0, 0.05) is 34.9 Å². The van der Waals surface area contributed by atoms with Gasteiger partial charge in [0.15, 0.2) is 4.96 Å². The molecular weight excluding hydrogens is 386 g/mol. The van der Waals surface area contributed by atoms with E-state index in [0.717, 1.165) is 21.9 Å². The maximum atomic E-state index is 12.3. The van der Waals surface area contributed by atoms with Gasteiger partial charge >= 0.3 is 5.97 Å². The fraction of sp³-hybridized carbons (Fsp3) is 0.136. The molecule has 0 saturated carbocycles. The van der Waals surface area contributed by atoms with Crippen LogP contribution in [0.3, 0.4) is 0 Å². The molecule has 0 unspecified atom stereocenters. The van der Waals surface area contributed by atoms with Crippen LogP contribution in [0.15, 0.2) is 66.2 Å². The predicted molar refractivity (Wildman–Crippen MR) is 113 cm³/mol. The SMILES string of the molecule is COC(=O)c1ccc(NC(=O)CCc2csc3nc(-c4ccccc4)cn23)cc1. The van der Waals surface area contributed by atoms with Crippen LogP contribution in [0.5, 0.6) is 0 Å². The molecule has 0 radical (unpaired) electrons. The molecule has 1 amide bonds. The molecule has 2 heterocycles. The van der Waals surface area contributed by atoms with E-state index in [1.807, 2.05) is 46.3 Å². The highest BCUT2D eigenvalue weighted by Gasteiger charge is 2.12. The van der Waals surface area contributed by atoms with Crippen LogP contribution in [0.1, 0.15) is 22.5 Å². The molecule has 6 nitrogen and oxygen atoms in total. The number of aromatic nitrogens is 2. The summed E-state index contributed by atoms with van der Waals surface area (Å²) >= 11 is 1.57. The van der Waals surface area contributed by atoms with Gasteiger partial charge in [-0.3, -0.25) is 9.20 Å². The van der Waals surface area contributed by atoms with E-state index in [9.17, 15) is 9.59 Å². The Morgan fingerprint density at radius 1 is 1.10 bits per heavy atom. The van der Waals surface area contributed by atoms with Gasteiger partial charge in [-0.15, -0.1) is 11.3 Å². The van der Waals surface area contributed by atoms with Gasteiger partial charge in [0.1, 0.15) is 0 Å². The Bertz CT molecular complexity index is 1150. The number of nitrogens with zero attached hydrogens (tertiary/aromatic N) is 2. The molecule has 0 fully saturated rings. The number of benzene rings is 2. The molecule has 0 aliphatic heterocycles. The second kappa shape index (κ2) is 8.28. The molecule has 0 bridgehead atoms. The average Bonchev–Trinajstić information content (AvgIpc) is 3.34. The third-order valence-electron chi connectivity index (χ3n) is 4.55. The number of hydrogen-bond donors (Lipinski definition) is 1. The van der Waals surface area contributed by atoms with Crippen LogP contribution in [-0.4, -0.2) is 28.4 Å². The Kier molecular flexibility index (Phi) is 5.39. The first-order valence-electron chi connectivity index (χ1n) is 9.13. The Hall–Kier alpha value is -3.45. The first-order valence-corrected chi connectivity index (χ1v) is 10.0. The Morgan fingerprint density at radius 3 is 2.59 bits per heavy atom. The molecule has 0 aliphatic rings. The highest BCUT2D eigenvalue weighted by Crippen LogP contribution is 2.24. The van der Waals surface area contributed by atoms with Crippen LogP contribution >= 0.6 is 11.3 Å². The highest BCUT2D eigenvalue weighted by molar-refractivity contribution is 7.15. The lowest BCUT2D eigenvalue weighted by Gasteiger charge is -2.06. The zero-order valence-electron chi connectivity index (χ0n) is 15.8. The fourth-order valence-corrected chi connectivity index (χ4v) is 3.94. The van der Waals surface area contributed by atoms with Gasteiger partial charge in [-0.05, 0) is 30.7 Å². The summed E-state index contributed by atoms with van der Waals surface area (Å²) in [5.41, 5.74) is 4.14. The van der Waals surface area contributed by atoms with E-state index in [0.29, 0.717) is 24.1 Å². The molecule has 4 aromatic rings. The van der Waals surface area contributed by atoms with Gasteiger partial charge in [-0.25, -0.2) is 9.78 Å². The van der Waals surface area contributed by atoms with Gasteiger partial charge in [0.05, 0.1) is 18.4 Å². The normalized spacial score (nSPS) is 10.8. The summed E-state index contributed by atoms with van der Waals surface area (Å²) in [6, 6.07) is 16.7. The predicted octanol–water partition coefficient (Wildman–Crippen LogP) is 4.42. The number of nitrogens with one attached hydrogen (secondary N) is 1. The summed E-state index contributed by atoms with van der Waals surface area (Å²) < 4.78 is 6.72. The van der Waals surface area contributed by atoms with Crippen molar-refractivity contribution < 1.29 is 14.3 Å². The molecule has 2 aromatic heterocycles. The number of aryl methyl sites for hydroxylation is 1. The third kappa shape index (κ3) is 4.20. The first-order chi connectivity index (χ1) is 14.1. The van der Waals surface area contributed by atoms with Crippen molar-refractivity contribution in [3.05, 3.63) is 77.4 Å². The molecule has 29 heavy (non-hydrogen) atoms. The minimum absolute atomic E-state index is 0.0847. The number of carbonyl (C=O) groups is 2. The topological polar surface area (TPSA) is 72.7 Å². The second-order valence-electron chi connectivity index (χ2n) is 6.49. The molecule has 7 heteroatoms. The summed E-state index contributed by atoms with van der Waals surface area (Å²) in [6.07, 6.45) is 2.97. The van der Waals surface area contributed by atoms with Crippen LogP contribution < -0.4 is 5.32 Å². The van der Waals surface area contributed by atoms with E-state index in [-0.39, 0.29) is 5.91 Å². The molecule has 2 aromatic carbocycles. The number of amides is 1. The highest BCUT2D eigenvalue weighted by atomic mass is 32.1. The quantitative estimate of drug-likeness (QED) is 0.482. The molecule has 146 valence electrons. The number of fused-ring (bicyclic) bond motifs is 1. The zero-order chi connectivity index (χ0) is 20.2. The minimum Gasteiger partial charge on any atom is -0.465 e. The summed E-state index contributed by atoms with van der Waals surface area (Å²) in [7, 11) is 1.34. The minimum atomic E-state index is -0.403. The molecule has 0 saturated heterocycles. The smallest absolute Gasteiger partial charge is 0.337 e. The molecular formula is C22H19N3O3S. The standard InChI is InChI=1S/C22H19N3O3S/c1-28-21(27)16-7-9-17(10-8-16)23-20(26)12-11-18-14-29-22-24-19(13-25(18)22)15-5-3-2-4-6-15/h2-10,13-14H,11-12H2,1H3,(H,23,26). The van der Waals surface area contributed by atoms with E-state index in [4.69, 9.17) is 0 Å². The maximum absolute atomic E-state index is 12.3. The van der Waals surface area contributed by atoms with Crippen LogP contribution in [0.4, 0.5) is 5.69 Å². The van der Waals surface area contributed by atoms with E-state index in [2.05, 4.69) is 15.0 Å². The summed E-state index contributed by atoms with van der Waals surface area (Å²) in [4.78, 5) is 29.4. The van der Waals surface area contributed by atoms with Crippen molar-refractivity contribution in [3.63, 3.8) is 0 Å². The van der Waals surface area contributed by atoms with E-state index < -0.39 is 5.97 Å². The number of rotatable bonds is 6. The number of methoxy groups -OCH3 is 1. The molecule has 0 aliphatic carbocycles. The number of imidazole rings is 1. The average molecular weight is 405 g/mol. The van der Waals surface area contributed by atoms with Gasteiger partial charge in [-0.2, -0.15) is 0 Å². The van der Waals surface area contributed by atoms with E-state index in [1.54, 1.807) is 35.6 Å². The monoisotopic (exact) mass is 405 g/mol. The largest absolute Gasteiger partial charge is 0.465 e. The fourth-order valence-electron chi connectivity index (χ4n) is 3.03. The van der Waals surface area contributed by atoms with Crippen LogP contribution in [0.25, 0.3) is 16.2 Å². The second-order valence-corrected chi connectivity index (χ2v) is 7.33. The lowest BCUT2D eigenvalue weighted by Crippen LogP contribution is -2.13. The number of anilines is 1. The molecule has 1 N–H and O–H groups in total. The van der Waals surface area contributed by atoms with Gasteiger partial charge in [0.25, 0.3) is 0 Å². The van der Waals surface area contributed by atoms with Crippen LogP contribution in [-0.2, 0) is 16.0 Å². The molecule has 4 rings (SSSR count). The number of ether oxygens (including phenoxy) is 1. The van der Waals surface area contributed by atoms with Crippen molar-refractivity contribution in [1.29, 1.82) is 0 Å². The number of carbonyl (C=O) groups excluding carboxylic acids is 2. The summed E-state index contributed by atoms with van der Waals surface area (Å²) in [5.74, 6) is -0.488. The molecule has 0 atom stereocenters. The van der Waals surface area contributed by atoms with Gasteiger partial charge in [0.2, 0.25) is 5.91 Å². The Labute approximate surface area is 171 Å². The first kappa shape index (κ1) is 18.9. The third-order valence-corrected chi connectivity index (χ3v) is 5.44. The lowest BCUT2D eigenvalue weighted by molar-refractivity contribution is -0.116. The van der Waals surface area contributed by atoms with Crippen molar-refractivity contribution in [2.75, 3.05) is 12.4 Å². The van der Waals surface area contributed by atoms with Crippen molar-refractivity contribution in [2.45, 2.75) is 12.8 Å². The van der Waals surface area contributed by atoms with E-state index >= 15 is 0 Å². The summed E-state index contributed by atoms with van der Waals surface area (Å²) in [6.45, 7) is 0. The Balaban J connectivity index is 1.40. The van der Waals surface area contributed by atoms with Crippen molar-refractivity contribution in [3.8, 4) is 11.3 Å². The zero-order valence-corrected chi connectivity index (χ0v) is 16.6. The number of hydrogen-bond acceptors (Lipinski definition) is 5. The van der Waals surface area contributed by atoms with Crippen molar-refractivity contribution >= 4 is 33.9 Å². The van der Waals surface area contributed by atoms with E-state index in [1.165, 1.54) is 7.11 Å². The molecule has 0 spiro atoms. The number of esters is 1. The van der Waals surface area contributed by atoms with Crippen LogP contribution in [0.2, 0.25) is 0 Å². The van der Waals surface area contributed by atoms with Crippen molar-refractivity contribution in [2.24, 2.45) is 0 Å². The van der Waals surface area contributed by atoms with Crippen molar-refractivity contribution in [1.82, 2.24) is 9.38 Å². The maximum Gasteiger partial charge on any atom is 0.337 e. The summed E-state index contributed by atoms with van der Waals surface area (Å²) in [5, 5.41) is 4.89. The Morgan fingerprint density at radius 2 is 1.86 bits per heavy atom.